The maximum absolute atomic E-state index is 15.6. The minimum absolute atomic E-state index is 0.0447. The quantitative estimate of drug-likeness (QED) is 0.0815. The smallest absolute Gasteiger partial charge is 0.406 e. The Morgan fingerprint density at radius 1 is 0.589 bits per heavy atom. The van der Waals surface area contributed by atoms with Crippen molar-refractivity contribution in [1.29, 1.82) is 0 Å². The number of phenolic OH excluding ortho intramolecular Hbond substituents is 1. The molecular formula is C41H58N4O9P2. The largest absolute Gasteiger partial charge is 0.504 e. The van der Waals surface area contributed by atoms with Crippen LogP contribution in [0.1, 0.15) is 98.1 Å². The Morgan fingerprint density at radius 2 is 1.00 bits per heavy atom. The van der Waals surface area contributed by atoms with Crippen LogP contribution in [0.15, 0.2) is 48.5 Å². The summed E-state index contributed by atoms with van der Waals surface area (Å²) in [5.41, 5.74) is 6.23. The maximum atomic E-state index is 15.6. The van der Waals surface area contributed by atoms with Crippen molar-refractivity contribution in [3.8, 4) is 23.0 Å². The number of pyridine rings is 2. The molecule has 56 heavy (non-hydrogen) atoms. The van der Waals surface area contributed by atoms with Crippen molar-refractivity contribution in [2.75, 3.05) is 24.9 Å². The van der Waals surface area contributed by atoms with E-state index in [4.69, 9.17) is 27.6 Å². The standard InChI is InChI=1S/C41H58N4O9P2/c1-23(2)51-55(47,52-24(3)4)40(44-34-17-15-28(9)42-30(34)11)33-20-27(8)39(37(22-33)50-14)54-56(48,53-25(5)6)41(45-35-18-16-29(10)43-31(35)12)32-19-26(7)38(46)36(21-32)49-13/h15-25,40-41,44-46H,1-14H3. The number of methoxy groups -OCH3 is 2. The van der Waals surface area contributed by atoms with Crippen LogP contribution in [0.5, 0.6) is 23.0 Å². The highest BCUT2D eigenvalue weighted by atomic mass is 31.2. The fourth-order valence-electron chi connectivity index (χ4n) is 6.24. The molecule has 0 aliphatic rings. The van der Waals surface area contributed by atoms with Gasteiger partial charge in [-0.3, -0.25) is 19.1 Å². The molecule has 2 aromatic carbocycles. The van der Waals surface area contributed by atoms with Gasteiger partial charge in [0.2, 0.25) is 0 Å². The van der Waals surface area contributed by atoms with Crippen LogP contribution in [0.2, 0.25) is 0 Å². The summed E-state index contributed by atoms with van der Waals surface area (Å²) < 4.78 is 67.2. The summed E-state index contributed by atoms with van der Waals surface area (Å²) in [7, 11) is -5.37. The van der Waals surface area contributed by atoms with E-state index in [2.05, 4.69) is 20.6 Å². The number of nitrogens with zero attached hydrogens (tertiary/aromatic N) is 2. The van der Waals surface area contributed by atoms with E-state index < -0.39 is 45.1 Å². The third kappa shape index (κ3) is 10.6. The number of aromatic nitrogens is 2. The lowest BCUT2D eigenvalue weighted by Crippen LogP contribution is -2.21. The Bertz CT molecular complexity index is 2090. The first kappa shape index (κ1) is 44.6. The zero-order valence-electron chi connectivity index (χ0n) is 35.0. The molecule has 0 aliphatic heterocycles. The molecule has 306 valence electrons. The van der Waals surface area contributed by atoms with Crippen LogP contribution in [0.3, 0.4) is 0 Å². The summed E-state index contributed by atoms with van der Waals surface area (Å²) in [6.07, 6.45) is -1.44. The molecule has 3 unspecified atom stereocenters. The van der Waals surface area contributed by atoms with Gasteiger partial charge in [0.1, 0.15) is 0 Å². The van der Waals surface area contributed by atoms with Crippen molar-refractivity contribution in [2.24, 2.45) is 0 Å². The minimum atomic E-state index is -4.32. The van der Waals surface area contributed by atoms with E-state index in [0.717, 1.165) is 11.4 Å². The number of ether oxygens (including phenoxy) is 2. The van der Waals surface area contributed by atoms with E-state index >= 15 is 4.57 Å². The second-order valence-electron chi connectivity index (χ2n) is 14.7. The van der Waals surface area contributed by atoms with Crippen molar-refractivity contribution in [2.45, 2.75) is 113 Å². The van der Waals surface area contributed by atoms with Gasteiger partial charge in [0.25, 0.3) is 0 Å². The predicted octanol–water partition coefficient (Wildman–Crippen LogP) is 11.0. The number of phenols is 1. The van der Waals surface area contributed by atoms with Crippen molar-refractivity contribution < 1.29 is 41.8 Å². The van der Waals surface area contributed by atoms with Gasteiger partial charge in [-0.1, -0.05) is 0 Å². The van der Waals surface area contributed by atoms with Crippen LogP contribution in [0.4, 0.5) is 11.4 Å². The number of aryl methyl sites for hydroxylation is 6. The number of hydrogen-bond donors (Lipinski definition) is 3. The van der Waals surface area contributed by atoms with E-state index in [0.29, 0.717) is 45.0 Å². The second kappa shape index (κ2) is 18.4. The topological polar surface area (TPSA) is 160 Å². The maximum Gasteiger partial charge on any atom is 0.406 e. The SMILES string of the molecule is COc1cc(C(Nc2ccc(C)nc2C)P(=O)(Oc2c(C)cc(C(Nc3ccc(C)nc3C)P(=O)(OC(C)C)OC(C)C)cc2OC)OC(C)C)cc(C)c1O. The summed E-state index contributed by atoms with van der Waals surface area (Å²) >= 11 is 0. The van der Waals surface area contributed by atoms with Crippen LogP contribution in [-0.2, 0) is 22.7 Å². The number of aromatic hydroxyl groups is 1. The monoisotopic (exact) mass is 812 g/mol. The van der Waals surface area contributed by atoms with Gasteiger partial charge in [-0.2, -0.15) is 0 Å². The first-order chi connectivity index (χ1) is 26.2. The first-order valence-corrected chi connectivity index (χ1v) is 21.8. The molecule has 4 rings (SSSR count). The molecule has 0 bridgehead atoms. The molecule has 0 amide bonds. The van der Waals surface area contributed by atoms with Gasteiger partial charge >= 0.3 is 15.2 Å². The molecule has 0 spiro atoms. The molecule has 0 saturated carbocycles. The fraction of sp³-hybridized carbons (Fsp3) is 0.463. The Morgan fingerprint density at radius 3 is 1.43 bits per heavy atom. The number of hydrogen-bond acceptors (Lipinski definition) is 13. The van der Waals surface area contributed by atoms with Crippen LogP contribution in [0, 0.1) is 41.5 Å². The highest BCUT2D eigenvalue weighted by Gasteiger charge is 2.44. The Hall–Kier alpha value is -4.12. The molecule has 2 aromatic heterocycles. The van der Waals surface area contributed by atoms with Crippen LogP contribution in [-0.4, -0.2) is 47.6 Å². The number of rotatable bonds is 18. The summed E-state index contributed by atoms with van der Waals surface area (Å²) in [6, 6.07) is 14.2. The first-order valence-electron chi connectivity index (χ1n) is 18.6. The zero-order chi connectivity index (χ0) is 41.7. The molecule has 3 N–H and O–H groups in total. The van der Waals surface area contributed by atoms with Crippen LogP contribution in [0.25, 0.3) is 0 Å². The second-order valence-corrected chi connectivity index (χ2v) is 18.7. The molecular weight excluding hydrogens is 754 g/mol. The highest BCUT2D eigenvalue weighted by Crippen LogP contribution is 2.65. The van der Waals surface area contributed by atoms with E-state index in [1.807, 2.05) is 52.0 Å². The summed E-state index contributed by atoms with van der Waals surface area (Å²) in [5.74, 6) is -1.66. The van der Waals surface area contributed by atoms with Gasteiger partial charge in [0, 0.05) is 11.4 Å². The zero-order valence-corrected chi connectivity index (χ0v) is 36.8. The minimum Gasteiger partial charge on any atom is -0.504 e. The van der Waals surface area contributed by atoms with Gasteiger partial charge in [0.05, 0.1) is 55.3 Å². The van der Waals surface area contributed by atoms with Crippen molar-refractivity contribution >= 4 is 26.6 Å². The number of anilines is 2. The molecule has 2 heterocycles. The predicted molar refractivity (Wildman–Crippen MR) is 222 cm³/mol. The summed E-state index contributed by atoms with van der Waals surface area (Å²) in [5, 5.41) is 17.6. The molecule has 0 saturated heterocycles. The van der Waals surface area contributed by atoms with E-state index in [1.54, 1.807) is 79.7 Å². The Labute approximate surface area is 331 Å². The summed E-state index contributed by atoms with van der Waals surface area (Å²) in [4.78, 5) is 9.20. The van der Waals surface area contributed by atoms with Gasteiger partial charge in [-0.25, -0.2) is 4.57 Å². The van der Waals surface area contributed by atoms with E-state index in [1.165, 1.54) is 14.2 Å². The van der Waals surface area contributed by atoms with E-state index in [9.17, 15) is 9.67 Å². The van der Waals surface area contributed by atoms with Crippen LogP contribution >= 0.6 is 15.2 Å². The number of nitrogens with one attached hydrogen (secondary N) is 2. The molecule has 13 nitrogen and oxygen atoms in total. The molecule has 0 radical (unpaired) electrons. The van der Waals surface area contributed by atoms with Gasteiger partial charge in [0.15, 0.2) is 34.6 Å². The summed E-state index contributed by atoms with van der Waals surface area (Å²) in [6.45, 7) is 21.7. The van der Waals surface area contributed by atoms with Gasteiger partial charge in [-0.15, -0.1) is 0 Å². The molecule has 0 aliphatic carbocycles. The molecule has 4 aromatic rings. The molecule has 0 fully saturated rings. The average molecular weight is 813 g/mol. The van der Waals surface area contributed by atoms with Crippen molar-refractivity contribution in [1.82, 2.24) is 9.97 Å². The normalized spacial score (nSPS) is 14.1. The molecule has 15 heteroatoms. The lowest BCUT2D eigenvalue weighted by molar-refractivity contribution is 0.138. The lowest BCUT2D eigenvalue weighted by atomic mass is 10.1. The van der Waals surface area contributed by atoms with Crippen molar-refractivity contribution in [3.05, 3.63) is 93.6 Å². The lowest BCUT2D eigenvalue weighted by Gasteiger charge is -2.33. The third-order valence-electron chi connectivity index (χ3n) is 8.58. The van der Waals surface area contributed by atoms with Crippen molar-refractivity contribution in [3.63, 3.8) is 0 Å². The highest BCUT2D eigenvalue weighted by molar-refractivity contribution is 7.55. The van der Waals surface area contributed by atoms with Gasteiger partial charge in [-0.05, 0) is 154 Å². The Balaban J connectivity index is 1.95. The molecule has 3 atom stereocenters. The van der Waals surface area contributed by atoms with Crippen LogP contribution < -0.4 is 24.6 Å². The fourth-order valence-corrected chi connectivity index (χ4v) is 10.7. The third-order valence-corrected chi connectivity index (χ3v) is 13.3. The van der Waals surface area contributed by atoms with E-state index in [-0.39, 0.29) is 23.0 Å². The van der Waals surface area contributed by atoms with Gasteiger partial charge < -0.3 is 38.8 Å². The number of benzene rings is 2. The Kier molecular flexibility index (Phi) is 14.7. The average Bonchev–Trinajstić information content (AvgIpc) is 3.08.